The predicted molar refractivity (Wildman–Crippen MR) is 107 cm³/mol. The zero-order valence-electron chi connectivity index (χ0n) is 14.5. The van der Waals surface area contributed by atoms with Gasteiger partial charge in [-0.2, -0.15) is 0 Å². The molecule has 6 heteroatoms. The zero-order chi connectivity index (χ0) is 18.8. The Bertz CT molecular complexity index is 1100. The molecule has 5 nitrogen and oxygen atoms in total. The van der Waals surface area contributed by atoms with E-state index < -0.39 is 0 Å². The Morgan fingerprint density at radius 1 is 1.04 bits per heavy atom. The van der Waals surface area contributed by atoms with E-state index in [1.807, 2.05) is 24.3 Å². The summed E-state index contributed by atoms with van der Waals surface area (Å²) in [4.78, 5) is 20.2. The molecule has 4 rings (SSSR count). The Kier molecular flexibility index (Phi) is 4.52. The molecule has 134 valence electrons. The van der Waals surface area contributed by atoms with Gasteiger partial charge in [-0.15, -0.1) is 0 Å². The van der Waals surface area contributed by atoms with Crippen molar-refractivity contribution in [2.75, 3.05) is 12.4 Å². The normalized spacial score (nSPS) is 10.7. The first-order valence-electron chi connectivity index (χ1n) is 8.33. The van der Waals surface area contributed by atoms with E-state index in [0.717, 1.165) is 28.2 Å². The molecule has 3 aromatic carbocycles. The summed E-state index contributed by atoms with van der Waals surface area (Å²) >= 11 is 6.01. The summed E-state index contributed by atoms with van der Waals surface area (Å²) in [6.07, 6.45) is 0. The van der Waals surface area contributed by atoms with Gasteiger partial charge in [0, 0.05) is 21.8 Å². The van der Waals surface area contributed by atoms with Crippen LogP contribution in [0.25, 0.3) is 22.4 Å². The number of hydrogen-bond acceptors (Lipinski definition) is 3. The van der Waals surface area contributed by atoms with Crippen molar-refractivity contribution in [1.29, 1.82) is 0 Å². The molecule has 0 aliphatic rings. The van der Waals surface area contributed by atoms with E-state index in [4.69, 9.17) is 16.3 Å². The van der Waals surface area contributed by atoms with Crippen LogP contribution < -0.4 is 10.1 Å². The number of methoxy groups -OCH3 is 1. The van der Waals surface area contributed by atoms with Crippen LogP contribution in [0.4, 0.5) is 5.69 Å². The molecule has 2 N–H and O–H groups in total. The number of carbonyl (C=O) groups is 1. The minimum absolute atomic E-state index is 0.178. The van der Waals surface area contributed by atoms with Crippen LogP contribution in [0.5, 0.6) is 5.75 Å². The maximum absolute atomic E-state index is 12.4. The topological polar surface area (TPSA) is 67.0 Å². The standard InChI is InChI=1S/C21H16ClN3O2/c1-27-17-9-7-16(8-10-17)23-21(26)14-4-2-13(3-5-14)20-24-18-11-6-15(22)12-19(18)25-20/h2-12H,1H3,(H,23,26)(H,24,25). The van der Waals surface area contributed by atoms with E-state index in [2.05, 4.69) is 15.3 Å². The Labute approximate surface area is 161 Å². The number of nitrogens with one attached hydrogen (secondary N) is 2. The molecule has 0 bridgehead atoms. The van der Waals surface area contributed by atoms with Gasteiger partial charge in [-0.1, -0.05) is 23.7 Å². The number of hydrogen-bond donors (Lipinski definition) is 2. The highest BCUT2D eigenvalue weighted by atomic mass is 35.5. The molecule has 1 amide bonds. The van der Waals surface area contributed by atoms with Crippen LogP contribution in [-0.2, 0) is 0 Å². The number of amides is 1. The molecule has 27 heavy (non-hydrogen) atoms. The molecule has 0 saturated carbocycles. The van der Waals surface area contributed by atoms with Crippen molar-refractivity contribution < 1.29 is 9.53 Å². The third-order valence-corrected chi connectivity index (χ3v) is 4.45. The Morgan fingerprint density at radius 3 is 2.48 bits per heavy atom. The third kappa shape index (κ3) is 3.64. The molecule has 0 atom stereocenters. The van der Waals surface area contributed by atoms with Crippen molar-refractivity contribution in [2.24, 2.45) is 0 Å². The molecule has 0 radical (unpaired) electrons. The number of imidazole rings is 1. The van der Waals surface area contributed by atoms with Gasteiger partial charge in [0.05, 0.1) is 18.1 Å². The molecule has 0 aliphatic carbocycles. The first-order chi connectivity index (χ1) is 13.1. The van der Waals surface area contributed by atoms with Gasteiger partial charge in [-0.05, 0) is 54.6 Å². The van der Waals surface area contributed by atoms with E-state index in [1.54, 1.807) is 49.6 Å². The fourth-order valence-corrected chi connectivity index (χ4v) is 2.95. The van der Waals surface area contributed by atoms with Crippen molar-refractivity contribution in [2.45, 2.75) is 0 Å². The van der Waals surface area contributed by atoms with E-state index in [9.17, 15) is 4.79 Å². The SMILES string of the molecule is COc1ccc(NC(=O)c2ccc(-c3nc4ccc(Cl)cc4[nH]3)cc2)cc1. The quantitative estimate of drug-likeness (QED) is 0.517. The summed E-state index contributed by atoms with van der Waals surface area (Å²) in [7, 11) is 1.60. The van der Waals surface area contributed by atoms with Crippen molar-refractivity contribution >= 4 is 34.2 Å². The van der Waals surface area contributed by atoms with Gasteiger partial charge in [0.25, 0.3) is 5.91 Å². The van der Waals surface area contributed by atoms with Gasteiger partial charge >= 0.3 is 0 Å². The number of aromatic nitrogens is 2. The Balaban J connectivity index is 1.52. The zero-order valence-corrected chi connectivity index (χ0v) is 15.2. The Hall–Kier alpha value is -3.31. The smallest absolute Gasteiger partial charge is 0.255 e. The molecular weight excluding hydrogens is 362 g/mol. The minimum atomic E-state index is -0.178. The average Bonchev–Trinajstić information content (AvgIpc) is 3.12. The lowest BCUT2D eigenvalue weighted by Crippen LogP contribution is -2.11. The minimum Gasteiger partial charge on any atom is -0.497 e. The number of rotatable bonds is 4. The Morgan fingerprint density at radius 2 is 1.78 bits per heavy atom. The molecule has 0 fully saturated rings. The second kappa shape index (κ2) is 7.13. The van der Waals surface area contributed by atoms with Crippen LogP contribution in [0.3, 0.4) is 0 Å². The van der Waals surface area contributed by atoms with Crippen molar-refractivity contribution in [1.82, 2.24) is 9.97 Å². The lowest BCUT2D eigenvalue weighted by molar-refractivity contribution is 0.102. The monoisotopic (exact) mass is 377 g/mol. The summed E-state index contributed by atoms with van der Waals surface area (Å²) in [5.74, 6) is 1.29. The summed E-state index contributed by atoms with van der Waals surface area (Å²) < 4.78 is 5.11. The summed E-state index contributed by atoms with van der Waals surface area (Å²) in [5, 5.41) is 3.52. The number of halogens is 1. The van der Waals surface area contributed by atoms with Crippen LogP contribution in [0, 0.1) is 0 Å². The van der Waals surface area contributed by atoms with Gasteiger partial charge in [-0.3, -0.25) is 4.79 Å². The second-order valence-electron chi connectivity index (χ2n) is 6.01. The highest BCUT2D eigenvalue weighted by Gasteiger charge is 2.09. The van der Waals surface area contributed by atoms with Crippen molar-refractivity contribution in [3.8, 4) is 17.1 Å². The highest BCUT2D eigenvalue weighted by Crippen LogP contribution is 2.23. The third-order valence-electron chi connectivity index (χ3n) is 4.21. The van der Waals surface area contributed by atoms with Gasteiger partial charge in [-0.25, -0.2) is 4.98 Å². The molecule has 0 saturated heterocycles. The number of anilines is 1. The molecule has 4 aromatic rings. The number of fused-ring (bicyclic) bond motifs is 1. The van der Waals surface area contributed by atoms with Gasteiger partial charge < -0.3 is 15.0 Å². The number of nitrogens with zero attached hydrogens (tertiary/aromatic N) is 1. The number of H-pyrrole nitrogens is 1. The van der Waals surface area contributed by atoms with Crippen molar-refractivity contribution in [3.63, 3.8) is 0 Å². The molecule has 1 heterocycles. The molecular formula is C21H16ClN3O2. The van der Waals surface area contributed by atoms with Gasteiger partial charge in [0.2, 0.25) is 0 Å². The number of carbonyl (C=O) groups excluding carboxylic acids is 1. The van der Waals surface area contributed by atoms with E-state index in [1.165, 1.54) is 0 Å². The summed E-state index contributed by atoms with van der Waals surface area (Å²) in [6.45, 7) is 0. The highest BCUT2D eigenvalue weighted by molar-refractivity contribution is 6.31. The fraction of sp³-hybridized carbons (Fsp3) is 0.0476. The van der Waals surface area contributed by atoms with E-state index in [-0.39, 0.29) is 5.91 Å². The molecule has 0 unspecified atom stereocenters. The number of aromatic amines is 1. The first kappa shape index (κ1) is 17.1. The van der Waals surface area contributed by atoms with Crippen LogP contribution in [0.2, 0.25) is 5.02 Å². The maximum Gasteiger partial charge on any atom is 0.255 e. The molecule has 0 aliphatic heterocycles. The van der Waals surface area contributed by atoms with Crippen LogP contribution in [0.1, 0.15) is 10.4 Å². The summed E-state index contributed by atoms with van der Waals surface area (Å²) in [5.41, 5.74) is 3.88. The van der Waals surface area contributed by atoms with Crippen LogP contribution >= 0.6 is 11.6 Å². The van der Waals surface area contributed by atoms with Crippen LogP contribution in [-0.4, -0.2) is 23.0 Å². The van der Waals surface area contributed by atoms with Crippen molar-refractivity contribution in [3.05, 3.63) is 77.3 Å². The van der Waals surface area contributed by atoms with Gasteiger partial charge in [0.15, 0.2) is 0 Å². The van der Waals surface area contributed by atoms with Gasteiger partial charge in [0.1, 0.15) is 11.6 Å². The lowest BCUT2D eigenvalue weighted by atomic mass is 10.1. The first-order valence-corrected chi connectivity index (χ1v) is 8.71. The largest absolute Gasteiger partial charge is 0.497 e. The lowest BCUT2D eigenvalue weighted by Gasteiger charge is -2.07. The van der Waals surface area contributed by atoms with Crippen LogP contribution in [0.15, 0.2) is 66.7 Å². The predicted octanol–water partition coefficient (Wildman–Crippen LogP) is 5.14. The average molecular weight is 378 g/mol. The second-order valence-corrected chi connectivity index (χ2v) is 6.44. The van der Waals surface area contributed by atoms with E-state index in [0.29, 0.717) is 16.3 Å². The number of ether oxygens (including phenoxy) is 1. The molecule has 0 spiro atoms. The molecule has 1 aromatic heterocycles. The summed E-state index contributed by atoms with van der Waals surface area (Å²) in [6, 6.07) is 20.0. The van der Waals surface area contributed by atoms with E-state index >= 15 is 0 Å². The maximum atomic E-state index is 12.4. The fourth-order valence-electron chi connectivity index (χ4n) is 2.78. The number of benzene rings is 3.